The molecule has 0 saturated carbocycles. The molecular formula is C70H46N2. The summed E-state index contributed by atoms with van der Waals surface area (Å²) in [7, 11) is 0. The van der Waals surface area contributed by atoms with Crippen LogP contribution in [0.4, 0.5) is 17.1 Å². The molecule has 2 nitrogen and oxygen atoms in total. The molecule has 0 fully saturated rings. The number of rotatable bonds is 8. The Morgan fingerprint density at radius 1 is 0.250 bits per heavy atom. The predicted molar refractivity (Wildman–Crippen MR) is 307 cm³/mol. The van der Waals surface area contributed by atoms with Gasteiger partial charge in [-0.25, -0.2) is 0 Å². The van der Waals surface area contributed by atoms with Gasteiger partial charge in [-0.1, -0.05) is 231 Å². The van der Waals surface area contributed by atoms with Gasteiger partial charge in [-0.2, -0.15) is 0 Å². The summed E-state index contributed by atoms with van der Waals surface area (Å²) in [5.74, 6) is 0. The summed E-state index contributed by atoms with van der Waals surface area (Å²) in [5.41, 5.74) is 16.2. The van der Waals surface area contributed by atoms with E-state index in [0.717, 1.165) is 33.9 Å². The number of fused-ring (bicyclic) bond motifs is 8. The van der Waals surface area contributed by atoms with Crippen molar-refractivity contribution in [1.82, 2.24) is 4.57 Å². The fourth-order valence-electron chi connectivity index (χ4n) is 11.4. The second-order valence-corrected chi connectivity index (χ2v) is 18.8. The van der Waals surface area contributed by atoms with Crippen molar-refractivity contribution >= 4 is 82.0 Å². The molecule has 0 atom stereocenters. The van der Waals surface area contributed by atoms with Crippen LogP contribution < -0.4 is 4.90 Å². The Balaban J connectivity index is 0.974. The van der Waals surface area contributed by atoms with Crippen molar-refractivity contribution < 1.29 is 0 Å². The van der Waals surface area contributed by atoms with E-state index >= 15 is 0 Å². The minimum atomic E-state index is 1.07. The number of nitrogens with zero attached hydrogens (tertiary/aromatic N) is 2. The number of aromatic nitrogens is 1. The average Bonchev–Trinajstić information content (AvgIpc) is 3.80. The van der Waals surface area contributed by atoms with Gasteiger partial charge in [-0.3, -0.25) is 0 Å². The fourth-order valence-corrected chi connectivity index (χ4v) is 11.4. The molecule has 0 spiro atoms. The molecule has 0 saturated heterocycles. The van der Waals surface area contributed by atoms with E-state index in [1.165, 1.54) is 98.3 Å². The third kappa shape index (κ3) is 6.88. The van der Waals surface area contributed by atoms with Gasteiger partial charge in [-0.15, -0.1) is 0 Å². The lowest BCUT2D eigenvalue weighted by Crippen LogP contribution is -2.11. The zero-order valence-electron chi connectivity index (χ0n) is 39.5. The molecule has 0 radical (unpaired) electrons. The Kier molecular flexibility index (Phi) is 9.89. The van der Waals surface area contributed by atoms with Crippen molar-refractivity contribution in [1.29, 1.82) is 0 Å². The maximum Gasteiger partial charge on any atom is 0.0618 e. The van der Waals surface area contributed by atoms with Gasteiger partial charge < -0.3 is 9.47 Å². The first-order valence-corrected chi connectivity index (χ1v) is 24.8. The van der Waals surface area contributed by atoms with Crippen molar-refractivity contribution in [3.8, 4) is 50.2 Å². The zero-order valence-corrected chi connectivity index (χ0v) is 39.5. The van der Waals surface area contributed by atoms with Crippen LogP contribution in [-0.4, -0.2) is 4.57 Å². The van der Waals surface area contributed by atoms with Crippen LogP contribution >= 0.6 is 0 Å². The van der Waals surface area contributed by atoms with Gasteiger partial charge in [0.2, 0.25) is 0 Å². The molecule has 0 aliphatic rings. The molecule has 0 aliphatic carbocycles. The summed E-state index contributed by atoms with van der Waals surface area (Å²) in [5, 5.41) is 12.3. The Labute approximate surface area is 418 Å². The summed E-state index contributed by atoms with van der Waals surface area (Å²) in [6.07, 6.45) is 0. The van der Waals surface area contributed by atoms with Crippen LogP contribution in [0.2, 0.25) is 0 Å². The largest absolute Gasteiger partial charge is 0.310 e. The second-order valence-electron chi connectivity index (χ2n) is 18.8. The minimum absolute atomic E-state index is 1.07. The molecule has 0 N–H and O–H groups in total. The topological polar surface area (TPSA) is 8.17 Å². The maximum atomic E-state index is 2.51. The molecule has 14 aromatic rings. The van der Waals surface area contributed by atoms with Crippen LogP contribution in [0.25, 0.3) is 115 Å². The third-order valence-electron chi connectivity index (χ3n) is 14.8. The molecule has 0 amide bonds. The lowest BCUT2D eigenvalue weighted by atomic mass is 9.94. The number of hydrogen-bond donors (Lipinski definition) is 0. The molecule has 336 valence electrons. The standard InChI is InChI=1S/C70H46N2/c1-2-18-49(19-3-1)61-32-16-33-62(70(61)72-66-34-13-12-30-65(66)69-60-27-9-7-21-50(60)39-43-68(69)72)51-37-40-55(41-38-51)71(56-25-14-24-53(46-56)58-31-15-23-48-20-6-8-26-57(48)58)67-44-42-59(63-28-10-11-29-64(63)67)54-36-35-47-17-4-5-22-52(47)45-54/h1-46H. The maximum absolute atomic E-state index is 2.51. The normalized spacial score (nSPS) is 11.6. The van der Waals surface area contributed by atoms with Gasteiger partial charge in [0.05, 0.1) is 22.4 Å². The van der Waals surface area contributed by atoms with E-state index in [9.17, 15) is 0 Å². The first kappa shape index (κ1) is 41.5. The van der Waals surface area contributed by atoms with Gasteiger partial charge in [0.15, 0.2) is 0 Å². The van der Waals surface area contributed by atoms with Crippen LogP contribution in [0.3, 0.4) is 0 Å². The van der Waals surface area contributed by atoms with E-state index in [2.05, 4.69) is 289 Å². The number of para-hydroxylation sites is 2. The van der Waals surface area contributed by atoms with E-state index in [4.69, 9.17) is 0 Å². The summed E-state index contributed by atoms with van der Waals surface area (Å²) in [6, 6.07) is 102. The minimum Gasteiger partial charge on any atom is -0.310 e. The number of hydrogen-bond acceptors (Lipinski definition) is 1. The van der Waals surface area contributed by atoms with Crippen molar-refractivity contribution in [3.63, 3.8) is 0 Å². The monoisotopic (exact) mass is 914 g/mol. The molecular weight excluding hydrogens is 869 g/mol. The van der Waals surface area contributed by atoms with Crippen LogP contribution in [0.15, 0.2) is 279 Å². The fraction of sp³-hybridized carbons (Fsp3) is 0. The Hall–Kier alpha value is -9.50. The van der Waals surface area contributed by atoms with E-state index in [1.54, 1.807) is 0 Å². The molecule has 0 bridgehead atoms. The smallest absolute Gasteiger partial charge is 0.0618 e. The first-order chi connectivity index (χ1) is 35.7. The van der Waals surface area contributed by atoms with Gasteiger partial charge in [0.1, 0.15) is 0 Å². The molecule has 1 heterocycles. The second kappa shape index (κ2) is 17.2. The SMILES string of the molecule is c1ccc(-c2cccc(-c3ccc(N(c4cccc(-c5cccc6ccccc56)c4)c4ccc(-c5ccc6ccccc6c5)c5ccccc45)cc3)c2-n2c3ccccc3c3c4ccccc4ccc32)cc1. The van der Waals surface area contributed by atoms with Crippen LogP contribution in [-0.2, 0) is 0 Å². The molecule has 2 heteroatoms. The van der Waals surface area contributed by atoms with Gasteiger partial charge in [-0.05, 0) is 120 Å². The van der Waals surface area contributed by atoms with Gasteiger partial charge in [0, 0.05) is 38.7 Å². The van der Waals surface area contributed by atoms with E-state index < -0.39 is 0 Å². The third-order valence-corrected chi connectivity index (χ3v) is 14.8. The van der Waals surface area contributed by atoms with Crippen LogP contribution in [0.5, 0.6) is 0 Å². The van der Waals surface area contributed by atoms with Crippen molar-refractivity contribution in [2.45, 2.75) is 0 Å². The zero-order chi connectivity index (χ0) is 47.5. The molecule has 13 aromatic carbocycles. The van der Waals surface area contributed by atoms with E-state index in [-0.39, 0.29) is 0 Å². The molecule has 72 heavy (non-hydrogen) atoms. The molecule has 14 rings (SSSR count). The van der Waals surface area contributed by atoms with Crippen LogP contribution in [0, 0.1) is 0 Å². The quantitative estimate of drug-likeness (QED) is 0.147. The highest BCUT2D eigenvalue weighted by Gasteiger charge is 2.23. The van der Waals surface area contributed by atoms with Crippen molar-refractivity contribution in [2.75, 3.05) is 4.90 Å². The summed E-state index contributed by atoms with van der Waals surface area (Å²) in [6.45, 7) is 0. The van der Waals surface area contributed by atoms with E-state index in [1.807, 2.05) is 0 Å². The summed E-state index contributed by atoms with van der Waals surface area (Å²) >= 11 is 0. The van der Waals surface area contributed by atoms with Crippen molar-refractivity contribution in [2.24, 2.45) is 0 Å². The number of benzene rings is 13. The highest BCUT2D eigenvalue weighted by molar-refractivity contribution is 6.22. The predicted octanol–water partition coefficient (Wildman–Crippen LogP) is 19.5. The van der Waals surface area contributed by atoms with Gasteiger partial charge >= 0.3 is 0 Å². The highest BCUT2D eigenvalue weighted by atomic mass is 15.1. The lowest BCUT2D eigenvalue weighted by Gasteiger charge is -2.28. The molecule has 1 aromatic heterocycles. The average molecular weight is 915 g/mol. The van der Waals surface area contributed by atoms with Crippen molar-refractivity contribution in [3.05, 3.63) is 279 Å². The Morgan fingerprint density at radius 3 is 1.58 bits per heavy atom. The lowest BCUT2D eigenvalue weighted by molar-refractivity contribution is 1.18. The molecule has 0 aliphatic heterocycles. The Morgan fingerprint density at radius 2 is 0.778 bits per heavy atom. The first-order valence-electron chi connectivity index (χ1n) is 24.8. The van der Waals surface area contributed by atoms with Gasteiger partial charge in [0.25, 0.3) is 0 Å². The molecule has 0 unspecified atom stereocenters. The van der Waals surface area contributed by atoms with Crippen LogP contribution in [0.1, 0.15) is 0 Å². The number of anilines is 3. The highest BCUT2D eigenvalue weighted by Crippen LogP contribution is 2.47. The summed E-state index contributed by atoms with van der Waals surface area (Å²) in [4.78, 5) is 2.45. The Bertz CT molecular complexity index is 4390. The summed E-state index contributed by atoms with van der Waals surface area (Å²) < 4.78 is 2.51. The van der Waals surface area contributed by atoms with E-state index in [0.29, 0.717) is 0 Å².